The van der Waals surface area contributed by atoms with E-state index in [2.05, 4.69) is 108 Å². The van der Waals surface area contributed by atoms with Gasteiger partial charge in [-0.05, 0) is 53.6 Å². The van der Waals surface area contributed by atoms with Crippen molar-refractivity contribution in [1.82, 2.24) is 15.0 Å². The average Bonchev–Trinajstić information content (AvgIpc) is 3.40. The molecule has 9 rings (SSSR count). The molecule has 4 nitrogen and oxygen atoms in total. The van der Waals surface area contributed by atoms with Gasteiger partial charge < -0.3 is 4.74 Å². The number of para-hydroxylation sites is 1. The van der Waals surface area contributed by atoms with E-state index in [4.69, 9.17) is 14.7 Å². The van der Waals surface area contributed by atoms with Crippen molar-refractivity contribution in [3.8, 4) is 45.5 Å². The van der Waals surface area contributed by atoms with Crippen molar-refractivity contribution in [2.75, 3.05) is 0 Å². The third kappa shape index (κ3) is 3.61. The summed E-state index contributed by atoms with van der Waals surface area (Å²) in [5, 5.41) is 0. The zero-order chi connectivity index (χ0) is 29.1. The second-order valence-electron chi connectivity index (χ2n) is 11.6. The molecule has 6 aromatic rings. The van der Waals surface area contributed by atoms with Crippen LogP contribution in [0.4, 0.5) is 0 Å². The van der Waals surface area contributed by atoms with Crippen molar-refractivity contribution < 1.29 is 4.74 Å². The molecule has 4 aromatic carbocycles. The third-order valence-electron chi connectivity index (χ3n) is 9.30. The lowest BCUT2D eigenvalue weighted by Gasteiger charge is -2.43. The standard InChI is InChI=1S/C40H27N3O/c1-2-12-26(13-3-1)35-25-36(34-19-10-11-23-41-34)43-39(42-35)27-21-22-38-33(24-27)40(32-18-8-9-20-37(32)44-38)30-16-6-4-14-28(30)29-15-5-7-17-31(29)40/h1-25,28,30H. The van der Waals surface area contributed by atoms with Crippen LogP contribution in [0.15, 0.2) is 152 Å². The number of hydrogen-bond donors (Lipinski definition) is 0. The summed E-state index contributed by atoms with van der Waals surface area (Å²) in [7, 11) is 0. The van der Waals surface area contributed by atoms with Crippen molar-refractivity contribution in [2.45, 2.75) is 11.3 Å². The molecule has 44 heavy (non-hydrogen) atoms. The number of hydrogen-bond acceptors (Lipinski definition) is 4. The van der Waals surface area contributed by atoms with Gasteiger partial charge in [0.1, 0.15) is 11.5 Å². The number of ether oxygens (including phenoxy) is 1. The molecule has 3 aliphatic rings. The Labute approximate surface area is 256 Å². The minimum atomic E-state index is -0.427. The van der Waals surface area contributed by atoms with Crippen LogP contribution in [-0.4, -0.2) is 15.0 Å². The Bertz CT molecular complexity index is 2060. The van der Waals surface area contributed by atoms with E-state index in [1.807, 2.05) is 42.5 Å². The van der Waals surface area contributed by atoms with Gasteiger partial charge >= 0.3 is 0 Å². The lowest BCUT2D eigenvalue weighted by molar-refractivity contribution is 0.374. The Hall–Kier alpha value is -5.61. The smallest absolute Gasteiger partial charge is 0.160 e. The fraction of sp³-hybridized carbons (Fsp3) is 0.0750. The summed E-state index contributed by atoms with van der Waals surface area (Å²) in [6, 6.07) is 42.1. The van der Waals surface area contributed by atoms with Gasteiger partial charge in [0.25, 0.3) is 0 Å². The topological polar surface area (TPSA) is 47.9 Å². The van der Waals surface area contributed by atoms with E-state index in [9.17, 15) is 0 Å². The van der Waals surface area contributed by atoms with Crippen molar-refractivity contribution in [2.24, 2.45) is 5.92 Å². The molecule has 3 atom stereocenters. The Morgan fingerprint density at radius 1 is 0.545 bits per heavy atom. The van der Waals surface area contributed by atoms with Gasteiger partial charge in [-0.25, -0.2) is 9.97 Å². The number of fused-ring (bicyclic) bond motifs is 9. The lowest BCUT2D eigenvalue weighted by atomic mass is 9.61. The molecule has 0 N–H and O–H groups in total. The summed E-state index contributed by atoms with van der Waals surface area (Å²) in [6.07, 6.45) is 10.9. The Kier molecular flexibility index (Phi) is 5.51. The fourth-order valence-electron chi connectivity index (χ4n) is 7.48. The largest absolute Gasteiger partial charge is 0.457 e. The number of benzene rings is 4. The molecule has 0 fully saturated rings. The molecule has 0 amide bonds. The van der Waals surface area contributed by atoms with Crippen molar-refractivity contribution in [3.05, 3.63) is 174 Å². The highest BCUT2D eigenvalue weighted by Gasteiger charge is 2.56. The van der Waals surface area contributed by atoms with Crippen LogP contribution in [0.2, 0.25) is 0 Å². The average molecular weight is 566 g/mol. The minimum absolute atomic E-state index is 0.199. The molecule has 0 bridgehead atoms. The predicted octanol–water partition coefficient (Wildman–Crippen LogP) is 9.15. The summed E-state index contributed by atoms with van der Waals surface area (Å²) in [5.41, 5.74) is 9.03. The van der Waals surface area contributed by atoms with E-state index >= 15 is 0 Å². The first kappa shape index (κ1) is 24.9. The highest BCUT2D eigenvalue weighted by Crippen LogP contribution is 2.64. The monoisotopic (exact) mass is 565 g/mol. The van der Waals surface area contributed by atoms with E-state index < -0.39 is 5.41 Å². The number of pyridine rings is 1. The maximum atomic E-state index is 6.64. The third-order valence-corrected chi connectivity index (χ3v) is 9.30. The van der Waals surface area contributed by atoms with Crippen LogP contribution in [0.25, 0.3) is 34.0 Å². The normalized spacial score (nSPS) is 20.4. The number of rotatable bonds is 3. The van der Waals surface area contributed by atoms with Gasteiger partial charge in [0.2, 0.25) is 0 Å². The lowest BCUT2D eigenvalue weighted by Crippen LogP contribution is -2.37. The van der Waals surface area contributed by atoms with E-state index in [-0.39, 0.29) is 11.8 Å². The molecule has 1 spiro atoms. The Morgan fingerprint density at radius 3 is 2.18 bits per heavy atom. The van der Waals surface area contributed by atoms with Crippen LogP contribution in [0, 0.1) is 5.92 Å². The Balaban J connectivity index is 1.30. The van der Waals surface area contributed by atoms with Gasteiger partial charge in [0.05, 0.1) is 22.5 Å². The van der Waals surface area contributed by atoms with Crippen LogP contribution < -0.4 is 4.74 Å². The zero-order valence-corrected chi connectivity index (χ0v) is 23.8. The van der Waals surface area contributed by atoms with Crippen LogP contribution in [-0.2, 0) is 5.41 Å². The summed E-state index contributed by atoms with van der Waals surface area (Å²) in [5.74, 6) is 2.91. The molecule has 2 aliphatic carbocycles. The summed E-state index contributed by atoms with van der Waals surface area (Å²) in [6.45, 7) is 0. The molecule has 208 valence electrons. The van der Waals surface area contributed by atoms with E-state index in [0.717, 1.165) is 45.3 Å². The molecular formula is C40H27N3O. The maximum absolute atomic E-state index is 6.64. The van der Waals surface area contributed by atoms with Crippen LogP contribution in [0.5, 0.6) is 11.5 Å². The van der Waals surface area contributed by atoms with Gasteiger partial charge in [-0.2, -0.15) is 0 Å². The van der Waals surface area contributed by atoms with Gasteiger partial charge in [0.15, 0.2) is 5.82 Å². The number of nitrogens with zero attached hydrogens (tertiary/aromatic N) is 3. The SMILES string of the molecule is C1=CC2c3ccccc3C3(c4ccccc4Oc4ccc(-c5nc(-c6ccccc6)cc(-c6ccccn6)n5)cc43)C2C=C1. The molecule has 3 heterocycles. The molecule has 0 saturated carbocycles. The van der Waals surface area contributed by atoms with E-state index in [1.54, 1.807) is 6.20 Å². The number of allylic oxidation sites excluding steroid dienone is 4. The van der Waals surface area contributed by atoms with Crippen molar-refractivity contribution >= 4 is 0 Å². The quantitative estimate of drug-likeness (QED) is 0.215. The zero-order valence-electron chi connectivity index (χ0n) is 23.8. The van der Waals surface area contributed by atoms with Crippen molar-refractivity contribution in [3.63, 3.8) is 0 Å². The maximum Gasteiger partial charge on any atom is 0.160 e. The van der Waals surface area contributed by atoms with Crippen LogP contribution in [0.1, 0.15) is 28.2 Å². The highest BCUT2D eigenvalue weighted by molar-refractivity contribution is 5.75. The molecule has 3 unspecified atom stereocenters. The fourth-order valence-corrected chi connectivity index (χ4v) is 7.48. The van der Waals surface area contributed by atoms with E-state index in [0.29, 0.717) is 5.82 Å². The van der Waals surface area contributed by atoms with Gasteiger partial charge in [0, 0.05) is 40.3 Å². The van der Waals surface area contributed by atoms with Crippen LogP contribution >= 0.6 is 0 Å². The summed E-state index contributed by atoms with van der Waals surface area (Å²) < 4.78 is 6.64. The van der Waals surface area contributed by atoms with Crippen LogP contribution in [0.3, 0.4) is 0 Å². The second kappa shape index (κ2) is 9.72. The molecule has 4 heteroatoms. The highest BCUT2D eigenvalue weighted by atomic mass is 16.5. The molecule has 1 aliphatic heterocycles. The molecule has 2 aromatic heterocycles. The molecular weight excluding hydrogens is 538 g/mol. The summed E-state index contributed by atoms with van der Waals surface area (Å²) in [4.78, 5) is 14.8. The van der Waals surface area contributed by atoms with Gasteiger partial charge in [-0.15, -0.1) is 0 Å². The summed E-state index contributed by atoms with van der Waals surface area (Å²) >= 11 is 0. The van der Waals surface area contributed by atoms with E-state index in [1.165, 1.54) is 16.7 Å². The first-order chi connectivity index (χ1) is 21.8. The predicted molar refractivity (Wildman–Crippen MR) is 173 cm³/mol. The minimum Gasteiger partial charge on any atom is -0.457 e. The van der Waals surface area contributed by atoms with Gasteiger partial charge in [-0.1, -0.05) is 103 Å². The molecule has 0 radical (unpaired) electrons. The van der Waals surface area contributed by atoms with Gasteiger partial charge in [-0.3, -0.25) is 4.98 Å². The van der Waals surface area contributed by atoms with Crippen molar-refractivity contribution in [1.29, 1.82) is 0 Å². The number of aromatic nitrogens is 3. The molecule has 0 saturated heterocycles. The first-order valence-corrected chi connectivity index (χ1v) is 15.0. The second-order valence-corrected chi connectivity index (χ2v) is 11.6. The first-order valence-electron chi connectivity index (χ1n) is 15.0. The Morgan fingerprint density at radius 2 is 1.30 bits per heavy atom.